The Balaban J connectivity index is 0.00000320. The van der Waals surface area contributed by atoms with Crippen molar-refractivity contribution in [2.75, 3.05) is 13.2 Å². The van der Waals surface area contributed by atoms with Crippen LogP contribution in [0.25, 0.3) is 0 Å². The van der Waals surface area contributed by atoms with Gasteiger partial charge in [0.25, 0.3) is 0 Å². The average Bonchev–Trinajstić information content (AvgIpc) is 3.07. The summed E-state index contributed by atoms with van der Waals surface area (Å²) in [5.41, 5.74) is 4.03. The third-order valence-electron chi connectivity index (χ3n) is 4.88. The molecule has 1 heterocycles. The number of rotatable bonds is 8. The van der Waals surface area contributed by atoms with Crippen molar-refractivity contribution in [2.24, 2.45) is 7.05 Å². The number of nitrogens with zero attached hydrogens (tertiary/aromatic N) is 2. The number of aromatic nitrogens is 2. The molecule has 5 nitrogen and oxygen atoms in total. The van der Waals surface area contributed by atoms with Crippen LogP contribution in [-0.2, 0) is 7.05 Å². The van der Waals surface area contributed by atoms with E-state index in [0.717, 1.165) is 28.3 Å². The molecular weight excluding hydrogens is 405 g/mol. The highest BCUT2D eigenvalue weighted by Crippen LogP contribution is 2.25. The quantitative estimate of drug-likeness (QED) is 0.563. The van der Waals surface area contributed by atoms with Gasteiger partial charge in [-0.3, -0.25) is 0 Å². The Hall–Kier alpha value is -2.41. The molecular formula is C23H29ClFN3O2. The molecule has 30 heavy (non-hydrogen) atoms. The monoisotopic (exact) mass is 433 g/mol. The van der Waals surface area contributed by atoms with Crippen molar-refractivity contribution in [3.05, 3.63) is 82.7 Å². The summed E-state index contributed by atoms with van der Waals surface area (Å²) in [6, 6.07) is 10.2. The number of ether oxygens (including phenoxy) is 1. The Morgan fingerprint density at radius 1 is 1.17 bits per heavy atom. The molecule has 3 rings (SSSR count). The minimum Gasteiger partial charge on any atom is -0.490 e. The zero-order chi connectivity index (χ0) is 21.0. The fraction of sp³-hybridized carbons (Fsp3) is 0.348. The van der Waals surface area contributed by atoms with Gasteiger partial charge in [-0.2, -0.15) is 0 Å². The largest absolute Gasteiger partial charge is 0.490 e. The molecule has 0 fully saturated rings. The maximum absolute atomic E-state index is 13.8. The van der Waals surface area contributed by atoms with Crippen LogP contribution >= 0.6 is 12.4 Å². The number of aliphatic hydroxyl groups excluding tert-OH is 1. The molecule has 7 heteroatoms. The number of hydrogen-bond donors (Lipinski definition) is 2. The van der Waals surface area contributed by atoms with Crippen LogP contribution in [0.4, 0.5) is 4.39 Å². The highest BCUT2D eigenvalue weighted by atomic mass is 35.5. The van der Waals surface area contributed by atoms with Crippen LogP contribution in [0.1, 0.15) is 34.1 Å². The number of halogens is 2. The molecule has 0 aliphatic rings. The van der Waals surface area contributed by atoms with Crippen LogP contribution in [0.15, 0.2) is 48.8 Å². The first-order valence-electron chi connectivity index (χ1n) is 9.70. The van der Waals surface area contributed by atoms with Gasteiger partial charge in [0.2, 0.25) is 0 Å². The van der Waals surface area contributed by atoms with Crippen molar-refractivity contribution in [1.82, 2.24) is 14.9 Å². The van der Waals surface area contributed by atoms with Gasteiger partial charge >= 0.3 is 0 Å². The first-order valence-corrected chi connectivity index (χ1v) is 9.70. The number of aryl methyl sites for hydroxylation is 4. The Kier molecular flexibility index (Phi) is 8.41. The van der Waals surface area contributed by atoms with E-state index in [4.69, 9.17) is 4.74 Å². The Bertz CT molecular complexity index is 954. The molecule has 0 aliphatic carbocycles. The third-order valence-corrected chi connectivity index (χ3v) is 4.88. The smallest absolute Gasteiger partial charge is 0.130 e. The minimum absolute atomic E-state index is 0. The summed E-state index contributed by atoms with van der Waals surface area (Å²) in [5.74, 6) is 1.24. The summed E-state index contributed by atoms with van der Waals surface area (Å²) in [6.45, 7) is 6.49. The van der Waals surface area contributed by atoms with E-state index < -0.39 is 6.10 Å². The van der Waals surface area contributed by atoms with E-state index in [-0.39, 0.29) is 37.4 Å². The second-order valence-corrected chi connectivity index (χ2v) is 7.49. The van der Waals surface area contributed by atoms with Crippen molar-refractivity contribution in [3.8, 4) is 5.75 Å². The number of imidazole rings is 1. The number of benzene rings is 2. The molecule has 0 saturated heterocycles. The fourth-order valence-corrected chi connectivity index (χ4v) is 3.59. The van der Waals surface area contributed by atoms with Crippen LogP contribution in [0.5, 0.6) is 5.75 Å². The summed E-state index contributed by atoms with van der Waals surface area (Å²) in [5, 5.41) is 13.8. The van der Waals surface area contributed by atoms with Crippen LogP contribution < -0.4 is 10.1 Å². The lowest BCUT2D eigenvalue weighted by Gasteiger charge is -2.22. The van der Waals surface area contributed by atoms with Gasteiger partial charge in [-0.05, 0) is 49.6 Å². The minimum atomic E-state index is -0.730. The van der Waals surface area contributed by atoms with E-state index in [1.54, 1.807) is 12.3 Å². The normalized spacial score (nSPS) is 12.9. The fourth-order valence-electron chi connectivity index (χ4n) is 3.59. The lowest BCUT2D eigenvalue weighted by atomic mass is 10.1. The first kappa shape index (κ1) is 23.9. The standard InChI is InChI=1S/C23H28FN3O2.ClH/c1-15-10-16(2)22(17(3)11-15)29-14-20(28)13-26-21(23-25-8-9-27(23)4)18-6-5-7-19(24)12-18;/h5-12,20-21,26,28H,13-14H2,1-4H3;1H. The molecule has 162 valence electrons. The highest BCUT2D eigenvalue weighted by molar-refractivity contribution is 5.85. The number of nitrogens with one attached hydrogen (secondary N) is 1. The van der Waals surface area contributed by atoms with E-state index >= 15 is 0 Å². The molecule has 0 spiro atoms. The average molecular weight is 434 g/mol. The molecule has 1 aromatic heterocycles. The lowest BCUT2D eigenvalue weighted by molar-refractivity contribution is 0.104. The molecule has 2 N–H and O–H groups in total. The van der Waals surface area contributed by atoms with Gasteiger partial charge < -0.3 is 19.7 Å². The highest BCUT2D eigenvalue weighted by Gasteiger charge is 2.20. The molecule has 0 bridgehead atoms. The summed E-state index contributed by atoms with van der Waals surface area (Å²) in [4.78, 5) is 4.39. The van der Waals surface area contributed by atoms with E-state index in [0.29, 0.717) is 0 Å². The van der Waals surface area contributed by atoms with Crippen molar-refractivity contribution < 1.29 is 14.2 Å². The van der Waals surface area contributed by atoms with Gasteiger partial charge in [0.05, 0.1) is 6.04 Å². The summed E-state index contributed by atoms with van der Waals surface area (Å²) >= 11 is 0. The molecule has 0 radical (unpaired) electrons. The van der Waals surface area contributed by atoms with Gasteiger partial charge in [-0.15, -0.1) is 12.4 Å². The van der Waals surface area contributed by atoms with Gasteiger partial charge in [0.1, 0.15) is 30.1 Å². The van der Waals surface area contributed by atoms with E-state index in [2.05, 4.69) is 22.4 Å². The predicted octanol–water partition coefficient (Wildman–Crippen LogP) is 4.03. The SMILES string of the molecule is Cc1cc(C)c(OCC(O)CNC(c2cccc(F)c2)c2nccn2C)c(C)c1.Cl. The summed E-state index contributed by atoms with van der Waals surface area (Å²) < 4.78 is 21.5. The molecule has 0 aliphatic heterocycles. The topological polar surface area (TPSA) is 59.3 Å². The second-order valence-electron chi connectivity index (χ2n) is 7.49. The Morgan fingerprint density at radius 2 is 1.87 bits per heavy atom. The number of aliphatic hydroxyl groups is 1. The first-order chi connectivity index (χ1) is 13.8. The molecule has 2 aromatic carbocycles. The van der Waals surface area contributed by atoms with Crippen molar-refractivity contribution in [1.29, 1.82) is 0 Å². The Labute approximate surface area is 183 Å². The predicted molar refractivity (Wildman–Crippen MR) is 119 cm³/mol. The van der Waals surface area contributed by atoms with Gasteiger partial charge in [-0.1, -0.05) is 29.8 Å². The molecule has 3 aromatic rings. The molecule has 0 amide bonds. The number of hydrogen-bond acceptors (Lipinski definition) is 4. The van der Waals surface area contributed by atoms with Crippen LogP contribution in [0.2, 0.25) is 0 Å². The third kappa shape index (κ3) is 5.81. The van der Waals surface area contributed by atoms with Gasteiger partial charge in [0, 0.05) is 26.0 Å². The van der Waals surface area contributed by atoms with Crippen LogP contribution in [0.3, 0.4) is 0 Å². The lowest BCUT2D eigenvalue weighted by Crippen LogP contribution is -2.35. The molecule has 0 saturated carbocycles. The summed E-state index contributed by atoms with van der Waals surface area (Å²) in [7, 11) is 1.89. The van der Waals surface area contributed by atoms with Crippen molar-refractivity contribution in [3.63, 3.8) is 0 Å². The van der Waals surface area contributed by atoms with E-state index in [1.807, 2.05) is 44.6 Å². The summed E-state index contributed by atoms with van der Waals surface area (Å²) in [6.07, 6.45) is 2.81. The van der Waals surface area contributed by atoms with Crippen molar-refractivity contribution >= 4 is 12.4 Å². The van der Waals surface area contributed by atoms with Crippen molar-refractivity contribution in [2.45, 2.75) is 32.9 Å². The van der Waals surface area contributed by atoms with E-state index in [1.165, 1.54) is 17.7 Å². The van der Waals surface area contributed by atoms with Gasteiger partial charge in [0.15, 0.2) is 0 Å². The zero-order valence-corrected chi connectivity index (χ0v) is 18.5. The molecule has 2 unspecified atom stereocenters. The van der Waals surface area contributed by atoms with E-state index in [9.17, 15) is 9.50 Å². The van der Waals surface area contributed by atoms with Crippen LogP contribution in [-0.4, -0.2) is 33.9 Å². The Morgan fingerprint density at radius 3 is 2.47 bits per heavy atom. The maximum Gasteiger partial charge on any atom is 0.130 e. The second kappa shape index (κ2) is 10.6. The van der Waals surface area contributed by atoms with Gasteiger partial charge in [-0.25, -0.2) is 9.37 Å². The zero-order valence-electron chi connectivity index (χ0n) is 17.7. The molecule has 2 atom stereocenters. The van der Waals surface area contributed by atoms with Crippen LogP contribution in [0, 0.1) is 26.6 Å². The maximum atomic E-state index is 13.8.